The number of ether oxygens (including phenoxy) is 1. The average Bonchev–Trinajstić information content (AvgIpc) is 2.59. The van der Waals surface area contributed by atoms with Crippen molar-refractivity contribution in [1.29, 1.82) is 0 Å². The third-order valence-corrected chi connectivity index (χ3v) is 3.59. The summed E-state index contributed by atoms with van der Waals surface area (Å²) in [6.45, 7) is 6.34. The van der Waals surface area contributed by atoms with E-state index in [2.05, 4.69) is 15.3 Å². The second kappa shape index (κ2) is 7.30. The van der Waals surface area contributed by atoms with E-state index in [1.54, 1.807) is 0 Å². The van der Waals surface area contributed by atoms with Crippen molar-refractivity contribution in [3.05, 3.63) is 59.8 Å². The highest BCUT2D eigenvalue weighted by molar-refractivity contribution is 5.96. The number of hydrogen-bond acceptors (Lipinski definition) is 5. The minimum absolute atomic E-state index is 0.195. The summed E-state index contributed by atoms with van der Waals surface area (Å²) < 4.78 is 5.36. The van der Waals surface area contributed by atoms with Crippen LogP contribution in [0.3, 0.4) is 0 Å². The summed E-state index contributed by atoms with van der Waals surface area (Å²) in [5, 5.41) is 3.20. The van der Waals surface area contributed by atoms with Gasteiger partial charge in [0.1, 0.15) is 0 Å². The molecular formula is C20H21N3O2. The van der Waals surface area contributed by atoms with Crippen LogP contribution in [-0.2, 0) is 4.74 Å². The lowest BCUT2D eigenvalue weighted by Gasteiger charge is -2.13. The molecule has 0 saturated carbocycles. The molecular weight excluding hydrogens is 314 g/mol. The Morgan fingerprint density at radius 3 is 2.48 bits per heavy atom. The van der Waals surface area contributed by atoms with E-state index in [-0.39, 0.29) is 11.6 Å². The number of fused-ring (bicyclic) bond motifs is 1. The molecule has 0 fully saturated rings. The standard InChI is InChI=1S/C20H21N3O2/c1-13(2)12-25-20(24)18-19(21-15-8-6-7-14(3)11-15)23-17-10-5-4-9-16(17)22-18/h4-11,13H,12H2,1-3H3,(H,21,23). The van der Waals surface area contributed by atoms with Gasteiger partial charge in [0.2, 0.25) is 0 Å². The molecule has 0 aliphatic carbocycles. The lowest BCUT2D eigenvalue weighted by molar-refractivity contribution is 0.0453. The molecule has 0 radical (unpaired) electrons. The Hall–Kier alpha value is -2.95. The molecule has 1 heterocycles. The minimum Gasteiger partial charge on any atom is -0.461 e. The van der Waals surface area contributed by atoms with Gasteiger partial charge in [-0.1, -0.05) is 38.1 Å². The van der Waals surface area contributed by atoms with Gasteiger partial charge in [-0.2, -0.15) is 0 Å². The Balaban J connectivity index is 2.01. The number of aromatic nitrogens is 2. The van der Waals surface area contributed by atoms with Crippen molar-refractivity contribution in [3.63, 3.8) is 0 Å². The van der Waals surface area contributed by atoms with E-state index in [0.717, 1.165) is 16.8 Å². The maximum atomic E-state index is 12.5. The normalized spacial score (nSPS) is 10.9. The van der Waals surface area contributed by atoms with E-state index in [1.165, 1.54) is 0 Å². The van der Waals surface area contributed by atoms with E-state index < -0.39 is 5.97 Å². The Morgan fingerprint density at radius 2 is 1.80 bits per heavy atom. The number of nitrogens with one attached hydrogen (secondary N) is 1. The maximum absolute atomic E-state index is 12.5. The van der Waals surface area contributed by atoms with E-state index in [9.17, 15) is 4.79 Å². The monoisotopic (exact) mass is 335 g/mol. The lowest BCUT2D eigenvalue weighted by Crippen LogP contribution is -2.15. The summed E-state index contributed by atoms with van der Waals surface area (Å²) >= 11 is 0. The van der Waals surface area contributed by atoms with Crippen LogP contribution in [0.4, 0.5) is 11.5 Å². The van der Waals surface area contributed by atoms with Gasteiger partial charge in [0.25, 0.3) is 0 Å². The molecule has 3 rings (SSSR count). The zero-order chi connectivity index (χ0) is 17.8. The molecule has 0 aliphatic heterocycles. The fraction of sp³-hybridized carbons (Fsp3) is 0.250. The fourth-order valence-corrected chi connectivity index (χ4v) is 2.40. The van der Waals surface area contributed by atoms with Crippen molar-refractivity contribution < 1.29 is 9.53 Å². The highest BCUT2D eigenvalue weighted by atomic mass is 16.5. The summed E-state index contributed by atoms with van der Waals surface area (Å²) in [7, 11) is 0. The van der Waals surface area contributed by atoms with Gasteiger partial charge in [-0.05, 0) is 42.7 Å². The molecule has 0 spiro atoms. The van der Waals surface area contributed by atoms with Crippen LogP contribution in [0.2, 0.25) is 0 Å². The van der Waals surface area contributed by atoms with Crippen LogP contribution in [0.5, 0.6) is 0 Å². The second-order valence-corrected chi connectivity index (χ2v) is 6.40. The lowest BCUT2D eigenvalue weighted by atomic mass is 10.2. The first-order valence-corrected chi connectivity index (χ1v) is 8.30. The molecule has 0 atom stereocenters. The van der Waals surface area contributed by atoms with Crippen LogP contribution >= 0.6 is 0 Å². The van der Waals surface area contributed by atoms with Crippen LogP contribution in [0.1, 0.15) is 29.9 Å². The topological polar surface area (TPSA) is 64.1 Å². The quantitative estimate of drug-likeness (QED) is 0.696. The number of hydrogen-bond donors (Lipinski definition) is 1. The molecule has 0 unspecified atom stereocenters. The van der Waals surface area contributed by atoms with Crippen molar-refractivity contribution in [3.8, 4) is 0 Å². The van der Waals surface area contributed by atoms with Gasteiger partial charge in [0.15, 0.2) is 11.5 Å². The van der Waals surface area contributed by atoms with Gasteiger partial charge in [-0.3, -0.25) is 0 Å². The first-order chi connectivity index (χ1) is 12.0. The van der Waals surface area contributed by atoms with Crippen molar-refractivity contribution in [2.75, 3.05) is 11.9 Å². The molecule has 1 aromatic heterocycles. The first kappa shape index (κ1) is 16.9. The second-order valence-electron chi connectivity index (χ2n) is 6.40. The predicted octanol–water partition coefficient (Wildman–Crippen LogP) is 4.49. The van der Waals surface area contributed by atoms with Crippen molar-refractivity contribution in [1.82, 2.24) is 9.97 Å². The maximum Gasteiger partial charge on any atom is 0.360 e. The van der Waals surface area contributed by atoms with Crippen molar-refractivity contribution >= 4 is 28.5 Å². The molecule has 0 amide bonds. The SMILES string of the molecule is Cc1cccc(Nc2nc3ccccc3nc2C(=O)OCC(C)C)c1. The number of aryl methyl sites for hydroxylation is 1. The van der Waals surface area contributed by atoms with Crippen LogP contribution in [0.15, 0.2) is 48.5 Å². The van der Waals surface area contributed by atoms with Gasteiger partial charge in [-0.25, -0.2) is 14.8 Å². The Morgan fingerprint density at radius 1 is 1.08 bits per heavy atom. The third kappa shape index (κ3) is 4.12. The molecule has 3 aromatic rings. The van der Waals surface area contributed by atoms with E-state index in [1.807, 2.05) is 69.3 Å². The van der Waals surface area contributed by atoms with Gasteiger partial charge in [0.05, 0.1) is 17.6 Å². The number of rotatable bonds is 5. The summed E-state index contributed by atoms with van der Waals surface area (Å²) in [5.41, 5.74) is 3.54. The molecule has 5 nitrogen and oxygen atoms in total. The zero-order valence-electron chi connectivity index (χ0n) is 14.6. The fourth-order valence-electron chi connectivity index (χ4n) is 2.40. The molecule has 2 aromatic carbocycles. The number of anilines is 2. The van der Waals surface area contributed by atoms with E-state index >= 15 is 0 Å². The summed E-state index contributed by atoms with van der Waals surface area (Å²) in [6.07, 6.45) is 0. The van der Waals surface area contributed by atoms with Crippen LogP contribution in [0.25, 0.3) is 11.0 Å². The molecule has 0 bridgehead atoms. The average molecular weight is 335 g/mol. The summed E-state index contributed by atoms with van der Waals surface area (Å²) in [6, 6.07) is 15.3. The number of benzene rings is 2. The third-order valence-electron chi connectivity index (χ3n) is 3.59. The number of carbonyl (C=O) groups excluding carboxylic acids is 1. The molecule has 1 N–H and O–H groups in total. The largest absolute Gasteiger partial charge is 0.461 e. The highest BCUT2D eigenvalue weighted by Crippen LogP contribution is 2.22. The minimum atomic E-state index is -0.470. The van der Waals surface area contributed by atoms with Gasteiger partial charge < -0.3 is 10.1 Å². The smallest absolute Gasteiger partial charge is 0.360 e. The van der Waals surface area contributed by atoms with Gasteiger partial charge in [-0.15, -0.1) is 0 Å². The van der Waals surface area contributed by atoms with Crippen molar-refractivity contribution in [2.45, 2.75) is 20.8 Å². The number of carbonyl (C=O) groups is 1. The first-order valence-electron chi connectivity index (χ1n) is 8.30. The Labute approximate surface area is 147 Å². The Kier molecular flexibility index (Phi) is 4.93. The van der Waals surface area contributed by atoms with Gasteiger partial charge in [0, 0.05) is 5.69 Å². The molecule has 128 valence electrons. The highest BCUT2D eigenvalue weighted by Gasteiger charge is 2.18. The summed E-state index contributed by atoms with van der Waals surface area (Å²) in [5.74, 6) is 0.186. The van der Waals surface area contributed by atoms with Crippen LogP contribution < -0.4 is 5.32 Å². The van der Waals surface area contributed by atoms with E-state index in [0.29, 0.717) is 17.9 Å². The van der Waals surface area contributed by atoms with Crippen LogP contribution in [-0.4, -0.2) is 22.5 Å². The summed E-state index contributed by atoms with van der Waals surface area (Å²) in [4.78, 5) is 21.6. The van der Waals surface area contributed by atoms with Gasteiger partial charge >= 0.3 is 5.97 Å². The predicted molar refractivity (Wildman–Crippen MR) is 99.1 cm³/mol. The molecule has 25 heavy (non-hydrogen) atoms. The molecule has 5 heteroatoms. The Bertz CT molecular complexity index is 906. The van der Waals surface area contributed by atoms with Crippen LogP contribution in [0, 0.1) is 12.8 Å². The van der Waals surface area contributed by atoms with E-state index in [4.69, 9.17) is 4.74 Å². The molecule has 0 aliphatic rings. The number of esters is 1. The zero-order valence-corrected chi connectivity index (χ0v) is 14.6. The number of para-hydroxylation sites is 2. The molecule has 0 saturated heterocycles. The number of nitrogens with zero attached hydrogens (tertiary/aromatic N) is 2. The van der Waals surface area contributed by atoms with Crippen molar-refractivity contribution in [2.24, 2.45) is 5.92 Å².